The number of benzene rings is 12. The zero-order chi connectivity index (χ0) is 54.9. The standard InChI is InChI=1S/C22H17N.C20H21N.C17H15NO.C15H12N2/c1-2-6-17(7-3-1)19-10-13-21(14-11-19)23-22-15-12-18-8-4-5-9-20(18)16-22;1-20(2,3)17-9-12-18(13-10-17)21-19-11-8-15-6-4-5-7-16(15)14-19;1-19-17-10-8-15(9-11-17)18-16-7-6-13-4-2-3-5-14(13)12-16;1-2-6-13-11-14(9-8-12(13)5-1)17-15-7-3-4-10-16-15/h1-16,23H;4-14,21H,1-3H3;2-12,18H,1H3;1-11H,(H,16,17). The van der Waals surface area contributed by atoms with Gasteiger partial charge in [-0.2, -0.15) is 0 Å². The molecule has 0 radical (unpaired) electrons. The third kappa shape index (κ3) is 14.6. The van der Waals surface area contributed by atoms with E-state index in [0.29, 0.717) is 0 Å². The van der Waals surface area contributed by atoms with E-state index in [-0.39, 0.29) is 5.41 Å². The number of ether oxygens (including phenoxy) is 1. The summed E-state index contributed by atoms with van der Waals surface area (Å²) in [4.78, 5) is 4.24. The van der Waals surface area contributed by atoms with Crippen LogP contribution in [-0.2, 0) is 5.41 Å². The molecule has 0 unspecified atom stereocenters. The van der Waals surface area contributed by atoms with Gasteiger partial charge in [-0.25, -0.2) is 4.98 Å². The number of aromatic nitrogens is 1. The number of hydrogen-bond donors (Lipinski definition) is 4. The van der Waals surface area contributed by atoms with Gasteiger partial charge in [0.15, 0.2) is 0 Å². The fourth-order valence-electron chi connectivity index (χ4n) is 9.26. The van der Waals surface area contributed by atoms with Crippen molar-refractivity contribution < 1.29 is 4.74 Å². The van der Waals surface area contributed by atoms with Crippen molar-refractivity contribution in [2.45, 2.75) is 26.2 Å². The molecule has 13 rings (SSSR count). The molecule has 1 heterocycles. The van der Waals surface area contributed by atoms with E-state index in [2.05, 4.69) is 278 Å². The lowest BCUT2D eigenvalue weighted by Crippen LogP contribution is -2.10. The van der Waals surface area contributed by atoms with E-state index in [1.54, 1.807) is 13.3 Å². The Kier molecular flexibility index (Phi) is 17.2. The van der Waals surface area contributed by atoms with Crippen LogP contribution in [0.3, 0.4) is 0 Å². The second-order valence-corrected chi connectivity index (χ2v) is 20.5. The third-order valence-corrected chi connectivity index (χ3v) is 13.6. The summed E-state index contributed by atoms with van der Waals surface area (Å²) >= 11 is 0. The minimum Gasteiger partial charge on any atom is -0.497 e. The molecule has 12 aromatic carbocycles. The minimum absolute atomic E-state index is 0.196. The van der Waals surface area contributed by atoms with Crippen LogP contribution in [0.25, 0.3) is 54.2 Å². The van der Waals surface area contributed by atoms with Crippen molar-refractivity contribution in [3.8, 4) is 16.9 Å². The van der Waals surface area contributed by atoms with Gasteiger partial charge in [0.05, 0.1) is 7.11 Å². The summed E-state index contributed by atoms with van der Waals surface area (Å²) in [6.45, 7) is 6.70. The molecule has 0 saturated heterocycles. The monoisotopic (exact) mass is 1040 g/mol. The lowest BCUT2D eigenvalue weighted by Gasteiger charge is -2.19. The zero-order valence-corrected chi connectivity index (χ0v) is 45.6. The average Bonchev–Trinajstić information content (AvgIpc) is 3.51. The molecule has 0 fully saturated rings. The molecule has 6 nitrogen and oxygen atoms in total. The Hall–Kier alpha value is -10.2. The molecule has 0 aliphatic rings. The largest absolute Gasteiger partial charge is 0.497 e. The van der Waals surface area contributed by atoms with Gasteiger partial charge in [0.1, 0.15) is 11.6 Å². The SMILES string of the molecule is CC(C)(C)c1ccc(Nc2ccc3ccccc3c2)cc1.COc1ccc(Nc2ccc3ccccc3c2)cc1.c1ccc(-c2ccc(Nc3ccc4ccccc4c3)cc2)cc1.c1ccc(Nc2ccc3ccccc3c2)nc1. The topological polar surface area (TPSA) is 70.2 Å². The van der Waals surface area contributed by atoms with Crippen LogP contribution >= 0.6 is 0 Å². The van der Waals surface area contributed by atoms with Crippen molar-refractivity contribution in [2.75, 3.05) is 28.4 Å². The van der Waals surface area contributed by atoms with Gasteiger partial charge in [-0.15, -0.1) is 0 Å². The van der Waals surface area contributed by atoms with Crippen LogP contribution in [0.15, 0.2) is 297 Å². The van der Waals surface area contributed by atoms with Gasteiger partial charge < -0.3 is 26.0 Å². The van der Waals surface area contributed by atoms with Gasteiger partial charge in [0, 0.05) is 46.0 Å². The molecule has 0 amide bonds. The van der Waals surface area contributed by atoms with Crippen molar-refractivity contribution in [3.05, 3.63) is 303 Å². The normalized spacial score (nSPS) is 10.8. The highest BCUT2D eigenvalue weighted by Gasteiger charge is 2.13. The highest BCUT2D eigenvalue weighted by atomic mass is 16.5. The Morgan fingerprint density at radius 1 is 0.287 bits per heavy atom. The number of hydrogen-bond acceptors (Lipinski definition) is 6. The van der Waals surface area contributed by atoms with Crippen LogP contribution in [-0.4, -0.2) is 12.1 Å². The average molecular weight is 1040 g/mol. The highest BCUT2D eigenvalue weighted by molar-refractivity contribution is 5.89. The molecule has 0 atom stereocenters. The summed E-state index contributed by atoms with van der Waals surface area (Å²) in [7, 11) is 1.67. The number of fused-ring (bicyclic) bond motifs is 4. The molecule has 4 N–H and O–H groups in total. The molecule has 80 heavy (non-hydrogen) atoms. The Labute approximate surface area is 470 Å². The summed E-state index contributed by atoms with van der Waals surface area (Å²) in [6.07, 6.45) is 1.78. The Morgan fingerprint density at radius 2 is 0.613 bits per heavy atom. The fraction of sp³-hybridized carbons (Fsp3) is 0.0676. The summed E-state index contributed by atoms with van der Waals surface area (Å²) in [6, 6.07) is 101. The van der Waals surface area contributed by atoms with Crippen LogP contribution in [0.2, 0.25) is 0 Å². The Bertz CT molecular complexity index is 4060. The summed E-state index contributed by atoms with van der Waals surface area (Å²) in [5.74, 6) is 1.73. The minimum atomic E-state index is 0.196. The molecule has 0 bridgehead atoms. The molecule has 392 valence electrons. The van der Waals surface area contributed by atoms with Crippen LogP contribution in [0, 0.1) is 0 Å². The lowest BCUT2D eigenvalue weighted by molar-refractivity contribution is 0.415. The molecule has 1 aromatic heterocycles. The first-order valence-corrected chi connectivity index (χ1v) is 27.0. The van der Waals surface area contributed by atoms with Crippen molar-refractivity contribution >= 4 is 88.7 Å². The summed E-state index contributed by atoms with van der Waals surface area (Å²) < 4.78 is 5.15. The molecule has 0 aliphatic carbocycles. The van der Waals surface area contributed by atoms with Crippen LogP contribution in [0.4, 0.5) is 45.6 Å². The van der Waals surface area contributed by atoms with E-state index >= 15 is 0 Å². The molecule has 6 heteroatoms. The fourth-order valence-corrected chi connectivity index (χ4v) is 9.26. The second kappa shape index (κ2) is 25.8. The van der Waals surface area contributed by atoms with Gasteiger partial charge >= 0.3 is 0 Å². The van der Waals surface area contributed by atoms with E-state index in [1.807, 2.05) is 60.7 Å². The first kappa shape index (κ1) is 53.2. The van der Waals surface area contributed by atoms with Crippen molar-refractivity contribution in [1.82, 2.24) is 4.98 Å². The van der Waals surface area contributed by atoms with E-state index in [0.717, 1.165) is 51.4 Å². The van der Waals surface area contributed by atoms with Crippen molar-refractivity contribution in [3.63, 3.8) is 0 Å². The van der Waals surface area contributed by atoms with Crippen LogP contribution in [0.5, 0.6) is 5.75 Å². The smallest absolute Gasteiger partial charge is 0.130 e. The molecule has 0 spiro atoms. The number of rotatable bonds is 10. The quantitative estimate of drug-likeness (QED) is 0.109. The number of methoxy groups -OCH3 is 1. The maximum absolute atomic E-state index is 5.15. The maximum atomic E-state index is 5.15. The predicted octanol–water partition coefficient (Wildman–Crippen LogP) is 20.7. The van der Waals surface area contributed by atoms with Crippen molar-refractivity contribution in [2.24, 2.45) is 0 Å². The first-order valence-electron chi connectivity index (χ1n) is 27.0. The summed E-state index contributed by atoms with van der Waals surface area (Å²) in [5, 5.41) is 23.6. The zero-order valence-electron chi connectivity index (χ0n) is 45.6. The summed E-state index contributed by atoms with van der Waals surface area (Å²) in [5.41, 5.74) is 11.7. The van der Waals surface area contributed by atoms with Crippen molar-refractivity contribution in [1.29, 1.82) is 0 Å². The molecular formula is C74H65N5O. The molecular weight excluding hydrogens is 975 g/mol. The van der Waals surface area contributed by atoms with E-state index < -0.39 is 0 Å². The van der Waals surface area contributed by atoms with Gasteiger partial charge in [0.2, 0.25) is 0 Å². The van der Waals surface area contributed by atoms with E-state index in [9.17, 15) is 0 Å². The first-order chi connectivity index (χ1) is 39.2. The number of nitrogens with zero attached hydrogens (tertiary/aromatic N) is 1. The van der Waals surface area contributed by atoms with Gasteiger partial charge in [-0.05, 0) is 174 Å². The highest BCUT2D eigenvalue weighted by Crippen LogP contribution is 2.29. The molecule has 0 aliphatic heterocycles. The number of anilines is 8. The van der Waals surface area contributed by atoms with Crippen LogP contribution in [0.1, 0.15) is 26.3 Å². The third-order valence-electron chi connectivity index (χ3n) is 13.6. The van der Waals surface area contributed by atoms with Gasteiger partial charge in [-0.1, -0.05) is 203 Å². The van der Waals surface area contributed by atoms with Gasteiger partial charge in [0.25, 0.3) is 0 Å². The maximum Gasteiger partial charge on any atom is 0.130 e. The lowest BCUT2D eigenvalue weighted by atomic mass is 9.87. The molecule has 0 saturated carbocycles. The van der Waals surface area contributed by atoms with Gasteiger partial charge in [-0.3, -0.25) is 0 Å². The second-order valence-electron chi connectivity index (χ2n) is 20.5. The van der Waals surface area contributed by atoms with Crippen LogP contribution < -0.4 is 26.0 Å². The Morgan fingerprint density at radius 3 is 0.988 bits per heavy atom. The van der Waals surface area contributed by atoms with E-state index in [4.69, 9.17) is 4.74 Å². The Balaban J connectivity index is 0.000000121. The van der Waals surface area contributed by atoms with E-state index in [1.165, 1.54) is 59.8 Å². The molecule has 13 aromatic rings. The number of pyridine rings is 1. The number of nitrogens with one attached hydrogen (secondary N) is 4. The predicted molar refractivity (Wildman–Crippen MR) is 343 cm³/mol.